The predicted molar refractivity (Wildman–Crippen MR) is 79.6 cm³/mol. The average molecular weight is 279 g/mol. The molecule has 0 amide bonds. The molecule has 4 nitrogen and oxygen atoms in total. The maximum atomic E-state index is 11.9. The van der Waals surface area contributed by atoms with Crippen LogP contribution in [0.25, 0.3) is 0 Å². The van der Waals surface area contributed by atoms with Crippen LogP contribution in [0.3, 0.4) is 0 Å². The third-order valence-corrected chi connectivity index (χ3v) is 4.72. The first-order valence-electron chi connectivity index (χ1n) is 6.73. The normalized spacial score (nSPS) is 17.8. The number of benzene rings is 1. The number of nitrogens with one attached hydrogen (secondary N) is 1. The monoisotopic (exact) mass is 279 g/mol. The lowest BCUT2D eigenvalue weighted by Gasteiger charge is -2.23. The van der Waals surface area contributed by atoms with E-state index in [0.29, 0.717) is 18.3 Å². The van der Waals surface area contributed by atoms with Crippen LogP contribution in [-0.4, -0.2) is 29.0 Å². The molecule has 0 spiro atoms. The van der Waals surface area contributed by atoms with E-state index >= 15 is 0 Å². The Balaban J connectivity index is 1.66. The summed E-state index contributed by atoms with van der Waals surface area (Å²) in [7, 11) is -0.976. The Morgan fingerprint density at radius 3 is 2.74 bits per heavy atom. The lowest BCUT2D eigenvalue weighted by Crippen LogP contribution is -2.35. The number of nitrogens with zero attached hydrogens (tertiary/aromatic N) is 1. The Bertz CT molecular complexity index is 443. The van der Waals surface area contributed by atoms with Crippen LogP contribution in [0.5, 0.6) is 0 Å². The van der Waals surface area contributed by atoms with E-state index < -0.39 is 10.8 Å². The summed E-state index contributed by atoms with van der Waals surface area (Å²) in [5.41, 5.74) is 5.77. The van der Waals surface area contributed by atoms with Crippen molar-refractivity contribution < 1.29 is 4.21 Å². The van der Waals surface area contributed by atoms with Gasteiger partial charge in [0, 0.05) is 23.7 Å². The molecular weight excluding hydrogens is 258 g/mol. The second kappa shape index (κ2) is 7.28. The summed E-state index contributed by atoms with van der Waals surface area (Å²) in [6.07, 6.45) is 3.87. The van der Waals surface area contributed by atoms with E-state index in [2.05, 4.69) is 10.3 Å². The van der Waals surface area contributed by atoms with Gasteiger partial charge in [-0.1, -0.05) is 24.6 Å². The molecule has 104 valence electrons. The highest BCUT2D eigenvalue weighted by molar-refractivity contribution is 7.85. The minimum Gasteiger partial charge on any atom is -0.370 e. The molecule has 2 rings (SSSR count). The second-order valence-corrected chi connectivity index (χ2v) is 6.38. The summed E-state index contributed by atoms with van der Waals surface area (Å²) in [6.45, 7) is 1.40. The number of nitrogens with two attached hydrogens (primary N) is 1. The highest BCUT2D eigenvalue weighted by atomic mass is 32.2. The molecule has 0 radical (unpaired) electrons. The first-order valence-corrected chi connectivity index (χ1v) is 8.05. The van der Waals surface area contributed by atoms with Gasteiger partial charge in [0.2, 0.25) is 0 Å². The Morgan fingerprint density at radius 1 is 1.37 bits per heavy atom. The van der Waals surface area contributed by atoms with Gasteiger partial charge < -0.3 is 11.1 Å². The molecule has 0 heterocycles. The lowest BCUT2D eigenvalue weighted by atomic mass is 9.86. The van der Waals surface area contributed by atoms with Crippen LogP contribution in [0.4, 0.5) is 0 Å². The van der Waals surface area contributed by atoms with Gasteiger partial charge >= 0.3 is 0 Å². The van der Waals surface area contributed by atoms with Gasteiger partial charge in [-0.15, -0.1) is 0 Å². The Hall–Kier alpha value is -1.36. The predicted octanol–water partition coefficient (Wildman–Crippen LogP) is 1.50. The zero-order valence-corrected chi connectivity index (χ0v) is 11.9. The molecule has 1 atom stereocenters. The fourth-order valence-electron chi connectivity index (χ4n) is 1.92. The Labute approximate surface area is 117 Å². The van der Waals surface area contributed by atoms with Crippen LogP contribution in [0.15, 0.2) is 40.2 Å². The van der Waals surface area contributed by atoms with E-state index in [4.69, 9.17) is 5.73 Å². The Morgan fingerprint density at radius 2 is 2.11 bits per heavy atom. The Kier molecular flexibility index (Phi) is 5.39. The molecule has 1 fully saturated rings. The molecule has 1 aliphatic rings. The van der Waals surface area contributed by atoms with Crippen molar-refractivity contribution >= 4 is 16.8 Å². The van der Waals surface area contributed by atoms with Crippen molar-refractivity contribution in [1.29, 1.82) is 0 Å². The third kappa shape index (κ3) is 4.67. The van der Waals surface area contributed by atoms with Gasteiger partial charge in [-0.2, -0.15) is 0 Å². The standard InChI is InChI=1S/C14H21N3OS/c15-14(17-11-12-5-4-6-12)16-9-10-19(18)13-7-2-1-3-8-13/h1-3,7-8,12H,4-6,9-11H2,(H3,15,16,17). The second-order valence-electron chi connectivity index (χ2n) is 4.81. The molecule has 1 saturated carbocycles. The molecule has 0 saturated heterocycles. The van der Waals surface area contributed by atoms with E-state index in [1.165, 1.54) is 19.3 Å². The minimum atomic E-state index is -0.976. The third-order valence-electron chi connectivity index (χ3n) is 3.34. The summed E-state index contributed by atoms with van der Waals surface area (Å²) in [4.78, 5) is 5.16. The maximum Gasteiger partial charge on any atom is 0.188 e. The number of rotatable bonds is 6. The number of aliphatic imine (C=N–C) groups is 1. The van der Waals surface area contributed by atoms with Crippen molar-refractivity contribution in [3.05, 3.63) is 30.3 Å². The first-order chi connectivity index (χ1) is 9.25. The van der Waals surface area contributed by atoms with Crippen molar-refractivity contribution in [2.24, 2.45) is 16.6 Å². The molecule has 0 aliphatic heterocycles. The number of guanidine groups is 1. The van der Waals surface area contributed by atoms with Crippen molar-refractivity contribution in [2.45, 2.75) is 24.2 Å². The van der Waals surface area contributed by atoms with Gasteiger partial charge in [0.1, 0.15) is 0 Å². The van der Waals surface area contributed by atoms with E-state index in [-0.39, 0.29) is 0 Å². The molecule has 0 bridgehead atoms. The molecule has 19 heavy (non-hydrogen) atoms. The van der Waals surface area contributed by atoms with Crippen LogP contribution in [-0.2, 0) is 10.8 Å². The molecule has 3 N–H and O–H groups in total. The summed E-state index contributed by atoms with van der Waals surface area (Å²) in [5, 5.41) is 3.02. The molecule has 1 aromatic carbocycles. The summed E-state index contributed by atoms with van der Waals surface area (Å²) < 4.78 is 11.9. The smallest absolute Gasteiger partial charge is 0.188 e. The van der Waals surface area contributed by atoms with Gasteiger partial charge in [0.05, 0.1) is 10.8 Å². The van der Waals surface area contributed by atoms with Crippen molar-refractivity contribution in [3.8, 4) is 0 Å². The van der Waals surface area contributed by atoms with Crippen molar-refractivity contribution in [1.82, 2.24) is 5.32 Å². The summed E-state index contributed by atoms with van der Waals surface area (Å²) in [6, 6.07) is 9.47. The topological polar surface area (TPSA) is 67.5 Å². The van der Waals surface area contributed by atoms with Crippen LogP contribution in [0, 0.1) is 5.92 Å². The summed E-state index contributed by atoms with van der Waals surface area (Å²) in [5.74, 6) is 1.74. The lowest BCUT2D eigenvalue weighted by molar-refractivity contribution is 0.326. The van der Waals surface area contributed by atoms with Gasteiger partial charge in [-0.25, -0.2) is 0 Å². The van der Waals surface area contributed by atoms with Crippen molar-refractivity contribution in [3.63, 3.8) is 0 Å². The largest absolute Gasteiger partial charge is 0.370 e. The fourth-order valence-corrected chi connectivity index (χ4v) is 2.90. The quantitative estimate of drug-likeness (QED) is 0.612. The number of hydrogen-bond acceptors (Lipinski definition) is 2. The van der Waals surface area contributed by atoms with Crippen LogP contribution < -0.4 is 11.1 Å². The minimum absolute atomic E-state index is 0.469. The molecular formula is C14H21N3OS. The van der Waals surface area contributed by atoms with Gasteiger partial charge in [-0.3, -0.25) is 9.20 Å². The SMILES string of the molecule is NC(=NCC1CCC1)NCCS(=O)c1ccccc1. The van der Waals surface area contributed by atoms with E-state index in [1.54, 1.807) is 0 Å². The van der Waals surface area contributed by atoms with Crippen LogP contribution in [0.1, 0.15) is 19.3 Å². The van der Waals surface area contributed by atoms with E-state index in [9.17, 15) is 4.21 Å². The average Bonchev–Trinajstić information content (AvgIpc) is 2.38. The van der Waals surface area contributed by atoms with Crippen LogP contribution in [0.2, 0.25) is 0 Å². The van der Waals surface area contributed by atoms with Crippen molar-refractivity contribution in [2.75, 3.05) is 18.8 Å². The van der Waals surface area contributed by atoms with Gasteiger partial charge in [0.15, 0.2) is 5.96 Å². The highest BCUT2D eigenvalue weighted by Crippen LogP contribution is 2.26. The molecule has 1 unspecified atom stereocenters. The molecule has 5 heteroatoms. The van der Waals surface area contributed by atoms with E-state index in [0.717, 1.165) is 17.4 Å². The maximum absolute atomic E-state index is 11.9. The fraction of sp³-hybridized carbons (Fsp3) is 0.500. The molecule has 0 aromatic heterocycles. The first kappa shape index (κ1) is 14.1. The summed E-state index contributed by atoms with van der Waals surface area (Å²) >= 11 is 0. The zero-order valence-electron chi connectivity index (χ0n) is 11.0. The van der Waals surface area contributed by atoms with Crippen LogP contribution >= 0.6 is 0 Å². The number of hydrogen-bond donors (Lipinski definition) is 2. The molecule has 1 aliphatic carbocycles. The van der Waals surface area contributed by atoms with Gasteiger partial charge in [-0.05, 0) is 30.9 Å². The van der Waals surface area contributed by atoms with Gasteiger partial charge in [0.25, 0.3) is 0 Å². The zero-order chi connectivity index (χ0) is 13.5. The highest BCUT2D eigenvalue weighted by Gasteiger charge is 2.16. The molecule has 1 aromatic rings. The van der Waals surface area contributed by atoms with E-state index in [1.807, 2.05) is 30.3 Å².